The molecule has 0 bridgehead atoms. The Hall–Kier alpha value is -0.480. The van der Waals surface area contributed by atoms with Crippen molar-refractivity contribution in [2.45, 2.75) is 12.1 Å². The van der Waals surface area contributed by atoms with Gasteiger partial charge in [0.25, 0.3) is 0 Å². The van der Waals surface area contributed by atoms with Crippen LogP contribution in [0.1, 0.15) is 0 Å². The lowest BCUT2D eigenvalue weighted by Gasteiger charge is -2.11. The summed E-state index contributed by atoms with van der Waals surface area (Å²) < 4.78 is 11.2. The molecule has 0 aliphatic carbocycles. The Labute approximate surface area is 92.8 Å². The Bertz CT molecular complexity index is 240. The molecule has 0 aromatic carbocycles. The van der Waals surface area contributed by atoms with Crippen molar-refractivity contribution in [3.8, 4) is 0 Å². The maximum Gasteiger partial charge on any atom is 0.325 e. The first-order chi connectivity index (χ1) is 6.84. The zero-order chi connectivity index (χ0) is 12.0. The summed E-state index contributed by atoms with van der Waals surface area (Å²) in [6, 6.07) is -2.32. The zero-order valence-corrected chi connectivity index (χ0v) is 9.29. The van der Waals surface area contributed by atoms with Crippen LogP contribution < -0.4 is 11.5 Å². The predicted molar refractivity (Wildman–Crippen MR) is 56.7 cm³/mol. The molecule has 0 amide bonds. The molecule has 6 N–H and O–H groups in total. The Morgan fingerprint density at radius 3 is 2.13 bits per heavy atom. The van der Waals surface area contributed by atoms with Crippen LogP contribution in [-0.2, 0) is 19.8 Å². The highest BCUT2D eigenvalue weighted by Crippen LogP contribution is 2.14. The van der Waals surface area contributed by atoms with E-state index in [1.165, 1.54) is 0 Å². The number of carboxylic acids is 2. The number of hydrogen-bond acceptors (Lipinski definition) is 6. The van der Waals surface area contributed by atoms with Crippen molar-refractivity contribution in [1.29, 1.82) is 0 Å². The van der Waals surface area contributed by atoms with Crippen LogP contribution in [0.2, 0.25) is 0 Å². The maximum atomic E-state index is 11.2. The van der Waals surface area contributed by atoms with Crippen LogP contribution >= 0.6 is 10.8 Å². The lowest BCUT2D eigenvalue weighted by atomic mass is 10.4. The normalized spacial score (nSPS) is 16.7. The Morgan fingerprint density at radius 2 is 1.73 bits per heavy atom. The van der Waals surface area contributed by atoms with E-state index in [9.17, 15) is 14.1 Å². The summed E-state index contributed by atoms with van der Waals surface area (Å²) in [6.07, 6.45) is 0. The van der Waals surface area contributed by atoms with Gasteiger partial charge in [-0.1, -0.05) is 0 Å². The van der Waals surface area contributed by atoms with Crippen LogP contribution in [0.5, 0.6) is 0 Å². The van der Waals surface area contributed by atoms with Gasteiger partial charge in [0.2, 0.25) is 0 Å². The van der Waals surface area contributed by atoms with E-state index in [1.54, 1.807) is 0 Å². The smallest absolute Gasteiger partial charge is 0.325 e. The number of nitrogens with two attached hydrogens (primary N) is 2. The fourth-order valence-corrected chi connectivity index (χ4v) is 3.08. The van der Waals surface area contributed by atoms with E-state index in [-0.39, 0.29) is 11.5 Å². The minimum absolute atomic E-state index is 0.0473. The molecule has 0 aliphatic rings. The Kier molecular flexibility index (Phi) is 6.68. The SMILES string of the molecule is NC(CS[S+]([O-])C[C@H](N)C(=O)O)C(=O)O. The van der Waals surface area contributed by atoms with Gasteiger partial charge >= 0.3 is 11.9 Å². The third-order valence-electron chi connectivity index (χ3n) is 1.33. The van der Waals surface area contributed by atoms with E-state index in [2.05, 4.69) is 0 Å². The molecule has 3 atom stereocenters. The second kappa shape index (κ2) is 6.90. The lowest BCUT2D eigenvalue weighted by Crippen LogP contribution is -2.37. The maximum absolute atomic E-state index is 11.2. The predicted octanol–water partition coefficient (Wildman–Crippen LogP) is -1.79. The standard InChI is InChI=1S/C6H12N2O5S2/c7-3(5(9)10)1-14-15(13)2-4(8)6(11)12/h3-4H,1-2,7-8H2,(H,9,10)(H,11,12)/t3?,4-,15?/m0/s1. The third-order valence-corrected chi connectivity index (χ3v) is 4.32. The second-order valence-corrected chi connectivity index (χ2v) is 5.98. The summed E-state index contributed by atoms with van der Waals surface area (Å²) in [6.45, 7) is 0. The molecule has 9 heteroatoms. The molecule has 0 fully saturated rings. The van der Waals surface area contributed by atoms with Crippen molar-refractivity contribution >= 4 is 32.9 Å². The molecule has 0 heterocycles. The van der Waals surface area contributed by atoms with Gasteiger partial charge in [0.1, 0.15) is 17.8 Å². The van der Waals surface area contributed by atoms with Crippen LogP contribution in [-0.4, -0.2) is 50.3 Å². The fraction of sp³-hybridized carbons (Fsp3) is 0.667. The van der Waals surface area contributed by atoms with Gasteiger partial charge in [0.15, 0.2) is 0 Å². The number of aliphatic carboxylic acids is 2. The first-order valence-corrected chi connectivity index (χ1v) is 6.65. The molecule has 7 nitrogen and oxygen atoms in total. The highest BCUT2D eigenvalue weighted by atomic mass is 33.1. The van der Waals surface area contributed by atoms with Crippen molar-refractivity contribution in [1.82, 2.24) is 0 Å². The third kappa shape index (κ3) is 6.57. The Morgan fingerprint density at radius 1 is 1.27 bits per heavy atom. The summed E-state index contributed by atoms with van der Waals surface area (Å²) in [5, 5.41) is 16.8. The fourth-order valence-electron chi connectivity index (χ4n) is 0.486. The van der Waals surface area contributed by atoms with Gasteiger partial charge in [-0.05, 0) is 0 Å². The van der Waals surface area contributed by atoms with Crippen LogP contribution in [0.3, 0.4) is 0 Å². The number of rotatable bonds is 7. The van der Waals surface area contributed by atoms with Crippen LogP contribution in [0.15, 0.2) is 0 Å². The first kappa shape index (κ1) is 14.5. The molecule has 0 rings (SSSR count). The molecule has 0 spiro atoms. The van der Waals surface area contributed by atoms with Gasteiger partial charge in [-0.25, -0.2) is 0 Å². The van der Waals surface area contributed by atoms with Gasteiger partial charge in [-0.2, -0.15) is 0 Å². The molecule has 88 valence electrons. The molecule has 0 saturated heterocycles. The number of carbonyl (C=O) groups is 2. The molecule has 2 unspecified atom stereocenters. The second-order valence-electron chi connectivity index (χ2n) is 2.64. The average molecular weight is 256 g/mol. The Balaban J connectivity index is 3.79. The van der Waals surface area contributed by atoms with Crippen LogP contribution in [0.4, 0.5) is 0 Å². The summed E-state index contributed by atoms with van der Waals surface area (Å²) >= 11 is 0. The highest BCUT2D eigenvalue weighted by Gasteiger charge is 2.23. The van der Waals surface area contributed by atoms with Crippen LogP contribution in [0, 0.1) is 0 Å². The molecular weight excluding hydrogens is 244 g/mol. The summed E-state index contributed by atoms with van der Waals surface area (Å²) in [5.41, 5.74) is 10.3. The molecule has 0 aromatic heterocycles. The zero-order valence-electron chi connectivity index (χ0n) is 7.66. The van der Waals surface area contributed by atoms with Crippen molar-refractivity contribution in [2.75, 3.05) is 11.5 Å². The van der Waals surface area contributed by atoms with Gasteiger partial charge in [0.05, 0.1) is 16.5 Å². The van der Waals surface area contributed by atoms with E-state index in [1.807, 2.05) is 0 Å². The molecule has 0 aromatic rings. The van der Waals surface area contributed by atoms with E-state index < -0.39 is 34.2 Å². The monoisotopic (exact) mass is 256 g/mol. The lowest BCUT2D eigenvalue weighted by molar-refractivity contribution is -0.138. The highest BCUT2D eigenvalue weighted by molar-refractivity contribution is 8.72. The van der Waals surface area contributed by atoms with E-state index in [0.29, 0.717) is 0 Å². The van der Waals surface area contributed by atoms with Crippen molar-refractivity contribution in [3.63, 3.8) is 0 Å². The topological polar surface area (TPSA) is 150 Å². The molecule has 0 aliphatic heterocycles. The largest absolute Gasteiger partial charge is 0.605 e. The molecule has 15 heavy (non-hydrogen) atoms. The van der Waals surface area contributed by atoms with Gasteiger partial charge < -0.3 is 26.2 Å². The van der Waals surface area contributed by atoms with E-state index in [4.69, 9.17) is 21.7 Å². The summed E-state index contributed by atoms with van der Waals surface area (Å²) in [7, 11) is -0.759. The van der Waals surface area contributed by atoms with Crippen molar-refractivity contribution in [2.24, 2.45) is 11.5 Å². The van der Waals surface area contributed by atoms with E-state index >= 15 is 0 Å². The number of hydrogen-bond donors (Lipinski definition) is 4. The first-order valence-electron chi connectivity index (χ1n) is 3.83. The summed E-state index contributed by atoms with van der Waals surface area (Å²) in [4.78, 5) is 20.6. The van der Waals surface area contributed by atoms with Gasteiger partial charge in [0, 0.05) is 10.2 Å². The van der Waals surface area contributed by atoms with Crippen molar-refractivity contribution in [3.05, 3.63) is 0 Å². The quantitative estimate of drug-likeness (QED) is 0.308. The van der Waals surface area contributed by atoms with Crippen molar-refractivity contribution < 1.29 is 24.4 Å². The molecule has 0 saturated carbocycles. The van der Waals surface area contributed by atoms with Crippen LogP contribution in [0.25, 0.3) is 0 Å². The average Bonchev–Trinajstić information content (AvgIpc) is 2.13. The number of carboxylic acid groups (broad SMARTS) is 2. The van der Waals surface area contributed by atoms with Gasteiger partial charge in [-0.3, -0.25) is 9.59 Å². The minimum Gasteiger partial charge on any atom is -0.605 e. The molecule has 0 radical (unpaired) electrons. The van der Waals surface area contributed by atoms with Gasteiger partial charge in [-0.15, -0.1) is 0 Å². The van der Waals surface area contributed by atoms with E-state index in [0.717, 1.165) is 10.8 Å². The minimum atomic E-state index is -1.54. The summed E-state index contributed by atoms with van der Waals surface area (Å²) in [5.74, 6) is -2.71. The molecular formula is C6H12N2O5S2.